The third-order valence-electron chi connectivity index (χ3n) is 13.1. The SMILES string of the molecule is C=CC.CCC.CCCCCCCCCCCCCCCCCC(=O)OCC(COP(=O)([O-])OCCNC(=O)CCC(=O)NCC/C=C/C=C(\C)O[C@H]1OC(CO)[C@@H](O)[C@H](O)C1O)OC(=O)CCCCCCCCCCCCCCC. The molecule has 0 aliphatic carbocycles. The quantitative estimate of drug-likeness (QED) is 0.00825. The zero-order valence-electron chi connectivity index (χ0n) is 51.4. The van der Waals surface area contributed by atoms with Crippen LogP contribution in [0.15, 0.2) is 36.6 Å². The van der Waals surface area contributed by atoms with Gasteiger partial charge in [0.1, 0.15) is 31.0 Å². The average Bonchev–Trinajstić information content (AvgIpc) is 3.47. The van der Waals surface area contributed by atoms with Crippen LogP contribution in [0.4, 0.5) is 0 Å². The molecule has 1 aliphatic rings. The maximum atomic E-state index is 12.8. The number of hydrogen-bond donors (Lipinski definition) is 6. The van der Waals surface area contributed by atoms with E-state index < -0.39 is 82.3 Å². The molecule has 0 spiro atoms. The normalized spacial score (nSPS) is 18.1. The van der Waals surface area contributed by atoms with E-state index >= 15 is 0 Å². The van der Waals surface area contributed by atoms with Crippen molar-refractivity contribution in [3.05, 3.63) is 36.6 Å². The Morgan fingerprint density at radius 2 is 1.04 bits per heavy atom. The molecule has 1 heterocycles. The lowest BCUT2D eigenvalue weighted by molar-refractivity contribution is -0.291. The highest BCUT2D eigenvalue weighted by Gasteiger charge is 2.44. The maximum absolute atomic E-state index is 12.8. The molecule has 7 atom stereocenters. The zero-order chi connectivity index (χ0) is 60.6. The highest BCUT2D eigenvalue weighted by atomic mass is 31.2. The van der Waals surface area contributed by atoms with E-state index in [1.165, 1.54) is 135 Å². The molecule has 1 saturated heterocycles. The molecule has 0 radical (unpaired) electrons. The summed E-state index contributed by atoms with van der Waals surface area (Å²) in [5, 5.41) is 44.4. The van der Waals surface area contributed by atoms with Crippen LogP contribution in [0.1, 0.15) is 260 Å². The minimum Gasteiger partial charge on any atom is -0.756 e. The van der Waals surface area contributed by atoms with Crippen molar-refractivity contribution >= 4 is 31.6 Å². The van der Waals surface area contributed by atoms with Crippen LogP contribution < -0.4 is 15.5 Å². The van der Waals surface area contributed by atoms with Gasteiger partial charge in [-0.3, -0.25) is 23.7 Å². The Labute approximate surface area is 490 Å². The van der Waals surface area contributed by atoms with Gasteiger partial charge in [-0.2, -0.15) is 0 Å². The maximum Gasteiger partial charge on any atom is 0.306 e. The Hall–Kier alpha value is -3.19. The summed E-state index contributed by atoms with van der Waals surface area (Å²) >= 11 is 0. The van der Waals surface area contributed by atoms with Crippen LogP contribution in [0.25, 0.3) is 0 Å². The first-order chi connectivity index (χ1) is 39.0. The van der Waals surface area contributed by atoms with Crippen molar-refractivity contribution in [2.24, 2.45) is 0 Å². The number of hydrogen-bond acceptors (Lipinski definition) is 16. The molecule has 4 unspecified atom stereocenters. The number of ether oxygens (including phenoxy) is 4. The van der Waals surface area contributed by atoms with E-state index in [0.29, 0.717) is 25.0 Å². The lowest BCUT2D eigenvalue weighted by atomic mass is 9.99. The Kier molecular flexibility index (Phi) is 56.5. The number of nitrogens with one attached hydrogen (secondary N) is 2. The summed E-state index contributed by atoms with van der Waals surface area (Å²) in [6.07, 6.45) is 33.5. The Bertz CT molecular complexity index is 1630. The first kappa shape index (κ1) is 79.9. The summed E-state index contributed by atoms with van der Waals surface area (Å²) in [5.41, 5.74) is 0. The molecule has 0 aromatic carbocycles. The van der Waals surface area contributed by atoms with Crippen molar-refractivity contribution in [2.45, 2.75) is 297 Å². The van der Waals surface area contributed by atoms with Crippen LogP contribution in [0.2, 0.25) is 0 Å². The molecule has 1 fully saturated rings. The zero-order valence-corrected chi connectivity index (χ0v) is 52.3. The van der Waals surface area contributed by atoms with Crippen molar-refractivity contribution in [1.82, 2.24) is 10.6 Å². The van der Waals surface area contributed by atoms with Crippen LogP contribution in [0.5, 0.6) is 0 Å². The van der Waals surface area contributed by atoms with Gasteiger partial charge in [0.05, 0.1) is 25.6 Å². The molecule has 0 bridgehead atoms. The number of allylic oxidation sites excluding steroid dienone is 4. The topological polar surface area (TPSA) is 269 Å². The smallest absolute Gasteiger partial charge is 0.306 e. The number of amides is 2. The van der Waals surface area contributed by atoms with Crippen LogP contribution in [-0.2, 0) is 51.7 Å². The molecular weight excluding hydrogens is 1060 g/mol. The molecule has 81 heavy (non-hydrogen) atoms. The molecular formula is C62H116N2O16P-. The third kappa shape index (κ3) is 51.0. The molecule has 1 aliphatic heterocycles. The third-order valence-corrected chi connectivity index (χ3v) is 14.1. The van der Waals surface area contributed by atoms with E-state index in [1.807, 2.05) is 6.92 Å². The standard InChI is InChI=1S/C56H103N2O16P.C3H8.C3H6/c1-4-6-8-10-12-14-16-18-19-21-22-24-26-28-32-36-51(62)69-44-47(73-52(63)37-33-29-27-25-23-20-17-15-13-11-9-7-5-2)45-71-75(67,68)70-42-41-58-50(61)39-38-49(60)57-40-34-30-31-35-46(3)72-56-55(66)54(65)53(64)48(43-59)74-56;2*1-3-2/h30-31,35,47-48,53-56,59,64-66H,4-29,32-34,36-45H2,1-3H3,(H,57,60)(H,58,61)(H,67,68);3H2,1-2H3;3H,1H2,2H3/p-1/b31-30+,46-35+;;/t47?,48?,53-,54+,55?,56+;;/m1../s1. The van der Waals surface area contributed by atoms with E-state index in [2.05, 4.69) is 44.9 Å². The number of carbonyl (C=O) groups is 4. The van der Waals surface area contributed by atoms with Gasteiger partial charge in [-0.05, 0) is 39.2 Å². The predicted octanol–water partition coefficient (Wildman–Crippen LogP) is 12.0. The van der Waals surface area contributed by atoms with Gasteiger partial charge in [0.15, 0.2) is 6.10 Å². The fourth-order valence-corrected chi connectivity index (χ4v) is 9.23. The fourth-order valence-electron chi connectivity index (χ4n) is 8.49. The molecule has 1 rings (SSSR count). The van der Waals surface area contributed by atoms with Crippen LogP contribution in [-0.4, -0.2) is 121 Å². The summed E-state index contributed by atoms with van der Waals surface area (Å²) in [7, 11) is -4.93. The summed E-state index contributed by atoms with van der Waals surface area (Å²) in [6, 6.07) is 0. The highest BCUT2D eigenvalue weighted by Crippen LogP contribution is 2.38. The summed E-state index contributed by atoms with van der Waals surface area (Å²) in [4.78, 5) is 62.7. The van der Waals surface area contributed by atoms with Gasteiger partial charge in [0.25, 0.3) is 7.82 Å². The van der Waals surface area contributed by atoms with Crippen LogP contribution in [0, 0.1) is 0 Å². The molecule has 0 aromatic rings. The second-order valence-electron chi connectivity index (χ2n) is 21.2. The number of phosphoric ester groups is 1. The van der Waals surface area contributed by atoms with Gasteiger partial charge in [-0.1, -0.05) is 219 Å². The molecule has 476 valence electrons. The lowest BCUT2D eigenvalue weighted by Crippen LogP contribution is -2.59. The fraction of sp³-hybridized carbons (Fsp3) is 0.839. The Balaban J connectivity index is 0. The molecule has 0 aromatic heterocycles. The average molecular weight is 1180 g/mol. The van der Waals surface area contributed by atoms with Crippen molar-refractivity contribution in [3.8, 4) is 0 Å². The van der Waals surface area contributed by atoms with Gasteiger partial charge >= 0.3 is 11.9 Å². The number of rotatable bonds is 50. The van der Waals surface area contributed by atoms with Gasteiger partial charge in [0, 0.05) is 38.8 Å². The van der Waals surface area contributed by atoms with Crippen molar-refractivity contribution in [2.75, 3.05) is 39.5 Å². The minimum absolute atomic E-state index is 0.116. The lowest BCUT2D eigenvalue weighted by Gasteiger charge is -2.39. The minimum atomic E-state index is -4.93. The van der Waals surface area contributed by atoms with Crippen molar-refractivity contribution in [1.29, 1.82) is 0 Å². The van der Waals surface area contributed by atoms with E-state index in [0.717, 1.165) is 38.5 Å². The Morgan fingerprint density at radius 3 is 1.48 bits per heavy atom. The van der Waals surface area contributed by atoms with Crippen molar-refractivity contribution in [3.63, 3.8) is 0 Å². The molecule has 2 amide bonds. The largest absolute Gasteiger partial charge is 0.756 e. The number of aliphatic hydroxyl groups is 4. The van der Waals surface area contributed by atoms with Gasteiger partial charge < -0.3 is 63.9 Å². The summed E-state index contributed by atoms with van der Waals surface area (Å²) in [6.45, 7) is 13.6. The van der Waals surface area contributed by atoms with Gasteiger partial charge in [0.2, 0.25) is 18.1 Å². The summed E-state index contributed by atoms with van der Waals surface area (Å²) < 4.78 is 44.4. The number of phosphoric acid groups is 1. The van der Waals surface area contributed by atoms with Crippen LogP contribution in [0.3, 0.4) is 0 Å². The van der Waals surface area contributed by atoms with Crippen LogP contribution >= 0.6 is 7.82 Å². The monoisotopic (exact) mass is 1180 g/mol. The van der Waals surface area contributed by atoms with E-state index in [9.17, 15) is 49.1 Å². The number of esters is 2. The second-order valence-corrected chi connectivity index (χ2v) is 22.6. The van der Waals surface area contributed by atoms with Gasteiger partial charge in [-0.25, -0.2) is 0 Å². The van der Waals surface area contributed by atoms with Crippen molar-refractivity contribution < 1.29 is 77.1 Å². The molecule has 0 saturated carbocycles. The Morgan fingerprint density at radius 1 is 0.617 bits per heavy atom. The molecule has 6 N–H and O–H groups in total. The van der Waals surface area contributed by atoms with E-state index in [1.54, 1.807) is 31.2 Å². The molecule has 18 nitrogen and oxygen atoms in total. The van der Waals surface area contributed by atoms with Gasteiger partial charge in [-0.15, -0.1) is 6.58 Å². The number of aliphatic hydroxyl groups excluding tert-OH is 4. The highest BCUT2D eigenvalue weighted by molar-refractivity contribution is 7.45. The first-order valence-electron chi connectivity index (χ1n) is 31.4. The van der Waals surface area contributed by atoms with E-state index in [4.69, 9.17) is 28.0 Å². The second kappa shape index (κ2) is 57.3. The van der Waals surface area contributed by atoms with E-state index in [-0.39, 0.29) is 51.3 Å². The number of carbonyl (C=O) groups excluding carboxylic acids is 4. The summed E-state index contributed by atoms with van der Waals surface area (Å²) in [5.74, 6) is -1.56. The predicted molar refractivity (Wildman–Crippen MR) is 320 cm³/mol. The number of unbranched alkanes of at least 4 members (excludes halogenated alkanes) is 26. The molecule has 19 heteroatoms. The first-order valence-corrected chi connectivity index (χ1v) is 32.9.